The molecule has 0 atom stereocenters. The van der Waals surface area contributed by atoms with Crippen molar-refractivity contribution in [3.05, 3.63) is 68.7 Å². The van der Waals surface area contributed by atoms with Crippen LogP contribution in [0.25, 0.3) is 0 Å². The Kier molecular flexibility index (Phi) is 6.30. The molecule has 0 aliphatic heterocycles. The lowest BCUT2D eigenvalue weighted by Crippen LogP contribution is -2.30. The fourth-order valence-corrected chi connectivity index (χ4v) is 2.61. The number of carbonyl (C=O) groups excluding carboxylic acids is 2. The monoisotopic (exact) mass is 375 g/mol. The van der Waals surface area contributed by atoms with E-state index >= 15 is 0 Å². The van der Waals surface area contributed by atoms with E-state index in [0.29, 0.717) is 24.3 Å². The minimum atomic E-state index is -0.651. The molecule has 136 valence electrons. The summed E-state index contributed by atoms with van der Waals surface area (Å²) in [5, 5.41) is 13.9. The zero-order valence-electron chi connectivity index (χ0n) is 14.4. The van der Waals surface area contributed by atoms with E-state index in [9.17, 15) is 19.7 Å². The first-order valence-electron chi connectivity index (χ1n) is 8.02. The summed E-state index contributed by atoms with van der Waals surface area (Å²) in [4.78, 5) is 36.7. The quantitative estimate of drug-likeness (QED) is 0.610. The summed E-state index contributed by atoms with van der Waals surface area (Å²) in [5.41, 5.74) is 0.451. The molecule has 2 aromatic rings. The van der Waals surface area contributed by atoms with Crippen molar-refractivity contribution in [3.63, 3.8) is 0 Å². The van der Waals surface area contributed by atoms with Crippen LogP contribution in [0, 0.1) is 10.1 Å². The van der Waals surface area contributed by atoms with Gasteiger partial charge in [-0.2, -0.15) is 0 Å². The Hall–Kier alpha value is -2.93. The number of hydrogen-bond acceptors (Lipinski definition) is 4. The second kappa shape index (κ2) is 8.44. The highest BCUT2D eigenvalue weighted by Crippen LogP contribution is 2.24. The summed E-state index contributed by atoms with van der Waals surface area (Å²) in [6, 6.07) is 10.1. The number of rotatable bonds is 6. The number of nitro groups is 1. The molecule has 26 heavy (non-hydrogen) atoms. The molecule has 2 rings (SSSR count). The van der Waals surface area contributed by atoms with Gasteiger partial charge in [0.2, 0.25) is 0 Å². The molecule has 0 unspecified atom stereocenters. The maximum atomic E-state index is 12.4. The normalized spacial score (nSPS) is 10.3. The summed E-state index contributed by atoms with van der Waals surface area (Å²) in [5.74, 6) is -0.750. The zero-order chi connectivity index (χ0) is 19.3. The second-order valence-corrected chi connectivity index (χ2v) is 5.86. The van der Waals surface area contributed by atoms with Crippen LogP contribution in [0.5, 0.6) is 0 Å². The molecule has 8 heteroatoms. The summed E-state index contributed by atoms with van der Waals surface area (Å²) < 4.78 is 0. The molecule has 2 aromatic carbocycles. The molecule has 2 amide bonds. The Labute approximate surface area is 155 Å². The molecule has 0 aliphatic rings. The topological polar surface area (TPSA) is 92.6 Å². The number of anilines is 1. The molecule has 0 heterocycles. The van der Waals surface area contributed by atoms with Crippen molar-refractivity contribution in [1.29, 1.82) is 0 Å². The Morgan fingerprint density at radius 1 is 1.12 bits per heavy atom. The number of benzene rings is 2. The van der Waals surface area contributed by atoms with Gasteiger partial charge in [-0.1, -0.05) is 11.6 Å². The van der Waals surface area contributed by atoms with Crippen LogP contribution in [0.2, 0.25) is 5.02 Å². The van der Waals surface area contributed by atoms with Crippen LogP contribution in [0.3, 0.4) is 0 Å². The van der Waals surface area contributed by atoms with E-state index in [1.54, 1.807) is 29.2 Å². The van der Waals surface area contributed by atoms with Crippen LogP contribution in [0.15, 0.2) is 42.5 Å². The number of hydrogen-bond donors (Lipinski definition) is 1. The minimum Gasteiger partial charge on any atom is -0.339 e. The summed E-state index contributed by atoms with van der Waals surface area (Å²) in [7, 11) is 0. The highest BCUT2D eigenvalue weighted by atomic mass is 35.5. The van der Waals surface area contributed by atoms with Crippen LogP contribution in [-0.4, -0.2) is 34.7 Å². The smallest absolute Gasteiger partial charge is 0.282 e. The molecule has 0 fully saturated rings. The average molecular weight is 376 g/mol. The van der Waals surface area contributed by atoms with E-state index in [2.05, 4.69) is 5.32 Å². The van der Waals surface area contributed by atoms with Crippen LogP contribution in [0.1, 0.15) is 34.6 Å². The minimum absolute atomic E-state index is 0.0987. The highest BCUT2D eigenvalue weighted by molar-refractivity contribution is 6.31. The lowest BCUT2D eigenvalue weighted by atomic mass is 10.1. The van der Waals surface area contributed by atoms with Gasteiger partial charge in [-0.25, -0.2) is 0 Å². The van der Waals surface area contributed by atoms with Gasteiger partial charge < -0.3 is 10.2 Å². The summed E-state index contributed by atoms with van der Waals surface area (Å²) in [6.45, 7) is 5.00. The first-order valence-corrected chi connectivity index (χ1v) is 8.39. The van der Waals surface area contributed by atoms with Crippen molar-refractivity contribution in [2.24, 2.45) is 0 Å². The maximum Gasteiger partial charge on any atom is 0.282 e. The third-order valence-electron chi connectivity index (χ3n) is 3.84. The molecule has 0 aromatic heterocycles. The number of nitro benzene ring substituents is 1. The fraction of sp³-hybridized carbons (Fsp3) is 0.222. The van der Waals surface area contributed by atoms with Crippen LogP contribution < -0.4 is 5.32 Å². The van der Waals surface area contributed by atoms with Gasteiger partial charge in [0.15, 0.2) is 0 Å². The maximum absolute atomic E-state index is 12.4. The molecule has 0 aliphatic carbocycles. The average Bonchev–Trinajstić information content (AvgIpc) is 2.62. The first kappa shape index (κ1) is 19.4. The van der Waals surface area contributed by atoms with Crippen molar-refractivity contribution in [2.75, 3.05) is 18.4 Å². The number of nitrogens with zero attached hydrogens (tertiary/aromatic N) is 2. The SMILES string of the molecule is CCN(CC)C(=O)c1ccc(NC(=O)c2cc(Cl)ccc2[N+](=O)[O-])cc1. The van der Waals surface area contributed by atoms with Gasteiger partial charge in [0.25, 0.3) is 17.5 Å². The lowest BCUT2D eigenvalue weighted by Gasteiger charge is -2.18. The third-order valence-corrected chi connectivity index (χ3v) is 4.08. The van der Waals surface area contributed by atoms with Gasteiger partial charge in [0.05, 0.1) is 4.92 Å². The molecule has 0 bridgehead atoms. The van der Waals surface area contributed by atoms with E-state index in [-0.39, 0.29) is 22.2 Å². The van der Waals surface area contributed by atoms with E-state index in [1.165, 1.54) is 18.2 Å². The largest absolute Gasteiger partial charge is 0.339 e. The van der Waals surface area contributed by atoms with Gasteiger partial charge in [-0.3, -0.25) is 19.7 Å². The van der Waals surface area contributed by atoms with Gasteiger partial charge >= 0.3 is 0 Å². The number of nitrogens with one attached hydrogen (secondary N) is 1. The predicted molar refractivity (Wildman–Crippen MR) is 99.8 cm³/mol. The zero-order valence-corrected chi connectivity index (χ0v) is 15.1. The molecule has 0 saturated heterocycles. The molecular formula is C18H18ClN3O4. The Balaban J connectivity index is 2.19. The lowest BCUT2D eigenvalue weighted by molar-refractivity contribution is -0.385. The van der Waals surface area contributed by atoms with Gasteiger partial charge in [-0.15, -0.1) is 0 Å². The van der Waals surface area contributed by atoms with Gasteiger partial charge in [0.1, 0.15) is 5.56 Å². The third kappa shape index (κ3) is 4.37. The number of halogens is 1. The molecule has 7 nitrogen and oxygen atoms in total. The van der Waals surface area contributed by atoms with Gasteiger partial charge in [-0.05, 0) is 50.2 Å². The van der Waals surface area contributed by atoms with E-state index in [1.807, 2.05) is 13.8 Å². The molecule has 1 N–H and O–H groups in total. The van der Waals surface area contributed by atoms with Crippen molar-refractivity contribution >= 4 is 34.8 Å². The predicted octanol–water partition coefficient (Wildman–Crippen LogP) is 3.98. The summed E-state index contributed by atoms with van der Waals surface area (Å²) >= 11 is 5.84. The van der Waals surface area contributed by atoms with E-state index < -0.39 is 10.8 Å². The second-order valence-electron chi connectivity index (χ2n) is 5.43. The molecule has 0 spiro atoms. The Bertz CT molecular complexity index is 833. The Morgan fingerprint density at radius 2 is 1.73 bits per heavy atom. The van der Waals surface area contributed by atoms with E-state index in [4.69, 9.17) is 11.6 Å². The standard InChI is InChI=1S/C18H18ClN3O4/c1-3-21(4-2)18(24)12-5-8-14(9-6-12)20-17(23)15-11-13(19)7-10-16(15)22(25)26/h5-11H,3-4H2,1-2H3,(H,20,23). The van der Waals surface area contributed by atoms with Gasteiger partial charge in [0, 0.05) is 35.4 Å². The van der Waals surface area contributed by atoms with Crippen LogP contribution >= 0.6 is 11.6 Å². The molecular weight excluding hydrogens is 358 g/mol. The van der Waals surface area contributed by atoms with Crippen molar-refractivity contribution in [2.45, 2.75) is 13.8 Å². The molecule has 0 radical (unpaired) electrons. The van der Waals surface area contributed by atoms with E-state index in [0.717, 1.165) is 0 Å². The van der Waals surface area contributed by atoms with Crippen molar-refractivity contribution in [3.8, 4) is 0 Å². The number of carbonyl (C=O) groups is 2. The van der Waals surface area contributed by atoms with Crippen molar-refractivity contribution in [1.82, 2.24) is 4.90 Å². The fourth-order valence-electron chi connectivity index (χ4n) is 2.44. The Morgan fingerprint density at radius 3 is 2.27 bits per heavy atom. The first-order chi connectivity index (χ1) is 12.4. The number of amides is 2. The van der Waals surface area contributed by atoms with Crippen LogP contribution in [-0.2, 0) is 0 Å². The van der Waals surface area contributed by atoms with Crippen molar-refractivity contribution < 1.29 is 14.5 Å². The molecule has 0 saturated carbocycles. The highest BCUT2D eigenvalue weighted by Gasteiger charge is 2.21. The summed E-state index contributed by atoms with van der Waals surface area (Å²) in [6.07, 6.45) is 0. The van der Waals surface area contributed by atoms with Crippen LogP contribution in [0.4, 0.5) is 11.4 Å².